The van der Waals surface area contributed by atoms with Gasteiger partial charge in [-0.15, -0.1) is 0 Å². The van der Waals surface area contributed by atoms with Crippen molar-refractivity contribution in [1.82, 2.24) is 5.32 Å². The van der Waals surface area contributed by atoms with Gasteiger partial charge in [0, 0.05) is 6.04 Å². The number of hydrogen-bond donors (Lipinski definition) is 1. The summed E-state index contributed by atoms with van der Waals surface area (Å²) in [6, 6.07) is 16.1. The van der Waals surface area contributed by atoms with E-state index in [1.165, 1.54) is 5.56 Å². The molecule has 0 aliphatic heterocycles. The van der Waals surface area contributed by atoms with Crippen LogP contribution in [-0.2, 0) is 0 Å². The van der Waals surface area contributed by atoms with Gasteiger partial charge in [0.2, 0.25) is 0 Å². The molecule has 2 aromatic carbocycles. The van der Waals surface area contributed by atoms with Crippen LogP contribution in [0, 0.1) is 0 Å². The first-order valence-corrected chi connectivity index (χ1v) is 6.88. The van der Waals surface area contributed by atoms with Gasteiger partial charge in [-0.05, 0) is 55.4 Å². The van der Waals surface area contributed by atoms with Crippen LogP contribution < -0.4 is 14.8 Å². The van der Waals surface area contributed by atoms with Crippen molar-refractivity contribution >= 4 is 0 Å². The van der Waals surface area contributed by atoms with Gasteiger partial charge in [0.05, 0.1) is 7.11 Å². The second kappa shape index (κ2) is 6.96. The van der Waals surface area contributed by atoms with Crippen LogP contribution in [0.4, 0.5) is 0 Å². The van der Waals surface area contributed by atoms with Crippen molar-refractivity contribution in [2.24, 2.45) is 0 Å². The first kappa shape index (κ1) is 14.4. The molecule has 0 aliphatic carbocycles. The summed E-state index contributed by atoms with van der Waals surface area (Å²) in [5.74, 6) is 2.47. The fourth-order valence-corrected chi connectivity index (χ4v) is 2.03. The zero-order valence-corrected chi connectivity index (χ0v) is 12.2. The smallest absolute Gasteiger partial charge is 0.127 e. The molecule has 2 rings (SSSR count). The lowest BCUT2D eigenvalue weighted by Gasteiger charge is -2.13. The van der Waals surface area contributed by atoms with E-state index in [9.17, 15) is 0 Å². The molecule has 1 N–H and O–H groups in total. The van der Waals surface area contributed by atoms with Crippen molar-refractivity contribution in [2.45, 2.75) is 19.9 Å². The SMILES string of the molecule is CCNC(C)c1ccc(Oc2ccc(OC)cc2)cc1. The van der Waals surface area contributed by atoms with E-state index in [-0.39, 0.29) is 0 Å². The Bertz CT molecular complexity index is 520. The molecule has 0 aliphatic rings. The summed E-state index contributed by atoms with van der Waals surface area (Å²) in [5.41, 5.74) is 1.26. The fraction of sp³-hybridized carbons (Fsp3) is 0.294. The molecule has 3 heteroatoms. The van der Waals surface area contributed by atoms with Crippen LogP contribution in [0.1, 0.15) is 25.5 Å². The van der Waals surface area contributed by atoms with E-state index >= 15 is 0 Å². The van der Waals surface area contributed by atoms with Crippen molar-refractivity contribution in [2.75, 3.05) is 13.7 Å². The van der Waals surface area contributed by atoms with Crippen molar-refractivity contribution in [1.29, 1.82) is 0 Å². The highest BCUT2D eigenvalue weighted by atomic mass is 16.5. The third-order valence-corrected chi connectivity index (χ3v) is 3.19. The van der Waals surface area contributed by atoms with Crippen LogP contribution in [0.3, 0.4) is 0 Å². The van der Waals surface area contributed by atoms with Crippen molar-refractivity contribution in [3.8, 4) is 17.2 Å². The molecule has 0 spiro atoms. The summed E-state index contributed by atoms with van der Waals surface area (Å²) in [7, 11) is 1.65. The van der Waals surface area contributed by atoms with Crippen LogP contribution in [0.15, 0.2) is 48.5 Å². The van der Waals surface area contributed by atoms with Crippen molar-refractivity contribution in [3.05, 3.63) is 54.1 Å². The first-order chi connectivity index (χ1) is 9.72. The Labute approximate surface area is 120 Å². The Hall–Kier alpha value is -2.00. The Balaban J connectivity index is 2.02. The van der Waals surface area contributed by atoms with Gasteiger partial charge >= 0.3 is 0 Å². The van der Waals surface area contributed by atoms with Gasteiger partial charge in [0.25, 0.3) is 0 Å². The molecule has 0 saturated heterocycles. The van der Waals surface area contributed by atoms with Gasteiger partial charge < -0.3 is 14.8 Å². The number of hydrogen-bond acceptors (Lipinski definition) is 3. The summed E-state index contributed by atoms with van der Waals surface area (Å²) in [4.78, 5) is 0. The van der Waals surface area contributed by atoms with Gasteiger partial charge in [-0.2, -0.15) is 0 Å². The Morgan fingerprint density at radius 1 is 0.900 bits per heavy atom. The van der Waals surface area contributed by atoms with Crippen LogP contribution in [0.5, 0.6) is 17.2 Å². The molecule has 0 fully saturated rings. The molecule has 3 nitrogen and oxygen atoms in total. The van der Waals surface area contributed by atoms with Gasteiger partial charge in [-0.25, -0.2) is 0 Å². The second-order valence-corrected chi connectivity index (χ2v) is 4.63. The van der Waals surface area contributed by atoms with Gasteiger partial charge in [0.1, 0.15) is 17.2 Å². The zero-order chi connectivity index (χ0) is 14.4. The molecular formula is C17H21NO2. The number of rotatable bonds is 6. The van der Waals surface area contributed by atoms with Crippen LogP contribution in [0.2, 0.25) is 0 Å². The number of ether oxygens (including phenoxy) is 2. The third kappa shape index (κ3) is 3.75. The third-order valence-electron chi connectivity index (χ3n) is 3.19. The molecule has 106 valence electrons. The van der Waals surface area contributed by atoms with Gasteiger partial charge in [-0.1, -0.05) is 19.1 Å². The van der Waals surface area contributed by atoms with Crippen molar-refractivity contribution in [3.63, 3.8) is 0 Å². The molecule has 0 saturated carbocycles. The largest absolute Gasteiger partial charge is 0.497 e. The highest BCUT2D eigenvalue weighted by Gasteiger charge is 2.04. The molecule has 0 amide bonds. The normalized spacial score (nSPS) is 11.9. The highest BCUT2D eigenvalue weighted by Crippen LogP contribution is 2.25. The van der Waals surface area contributed by atoms with E-state index in [1.54, 1.807) is 7.11 Å². The molecule has 2 aromatic rings. The predicted molar refractivity (Wildman–Crippen MR) is 81.6 cm³/mol. The topological polar surface area (TPSA) is 30.5 Å². The predicted octanol–water partition coefficient (Wildman–Crippen LogP) is 4.16. The van der Waals surface area contributed by atoms with Crippen molar-refractivity contribution < 1.29 is 9.47 Å². The van der Waals surface area contributed by atoms with E-state index in [1.807, 2.05) is 36.4 Å². The quantitative estimate of drug-likeness (QED) is 0.855. The summed E-state index contributed by atoms with van der Waals surface area (Å²) >= 11 is 0. The van der Waals surface area contributed by atoms with Crippen LogP contribution in [-0.4, -0.2) is 13.7 Å². The maximum Gasteiger partial charge on any atom is 0.127 e. The molecule has 0 heterocycles. The highest BCUT2D eigenvalue weighted by molar-refractivity contribution is 5.36. The number of benzene rings is 2. The van der Waals surface area contributed by atoms with E-state index < -0.39 is 0 Å². The molecule has 0 radical (unpaired) electrons. The second-order valence-electron chi connectivity index (χ2n) is 4.63. The standard InChI is InChI=1S/C17H21NO2/c1-4-18-13(2)14-5-7-16(8-6-14)20-17-11-9-15(19-3)10-12-17/h5-13,18H,4H2,1-3H3. The summed E-state index contributed by atoms with van der Waals surface area (Å²) in [6.07, 6.45) is 0. The summed E-state index contributed by atoms with van der Waals surface area (Å²) in [6.45, 7) is 5.23. The summed E-state index contributed by atoms with van der Waals surface area (Å²) < 4.78 is 10.9. The van der Waals surface area contributed by atoms with E-state index in [0.29, 0.717) is 6.04 Å². The molecular weight excluding hydrogens is 250 g/mol. The minimum Gasteiger partial charge on any atom is -0.497 e. The zero-order valence-electron chi connectivity index (χ0n) is 12.2. The van der Waals surface area contributed by atoms with E-state index in [0.717, 1.165) is 23.8 Å². The molecule has 1 atom stereocenters. The van der Waals surface area contributed by atoms with Crippen LogP contribution >= 0.6 is 0 Å². The Kier molecular flexibility index (Phi) is 5.02. The first-order valence-electron chi connectivity index (χ1n) is 6.88. The lowest BCUT2D eigenvalue weighted by molar-refractivity contribution is 0.413. The maximum atomic E-state index is 5.80. The number of methoxy groups -OCH3 is 1. The van der Waals surface area contributed by atoms with E-state index in [2.05, 4.69) is 31.3 Å². The van der Waals surface area contributed by atoms with Crippen LogP contribution in [0.25, 0.3) is 0 Å². The van der Waals surface area contributed by atoms with E-state index in [4.69, 9.17) is 9.47 Å². The molecule has 20 heavy (non-hydrogen) atoms. The summed E-state index contributed by atoms with van der Waals surface area (Å²) in [5, 5.41) is 3.39. The van der Waals surface area contributed by atoms with Gasteiger partial charge in [-0.3, -0.25) is 0 Å². The lowest BCUT2D eigenvalue weighted by atomic mass is 10.1. The average molecular weight is 271 g/mol. The molecule has 1 unspecified atom stereocenters. The monoisotopic (exact) mass is 271 g/mol. The Morgan fingerprint density at radius 2 is 1.40 bits per heavy atom. The lowest BCUT2D eigenvalue weighted by Crippen LogP contribution is -2.17. The minimum atomic E-state index is 0.357. The van der Waals surface area contributed by atoms with Gasteiger partial charge in [0.15, 0.2) is 0 Å². The Morgan fingerprint density at radius 3 is 1.90 bits per heavy atom. The maximum absolute atomic E-state index is 5.80. The average Bonchev–Trinajstić information content (AvgIpc) is 2.49. The molecule has 0 aromatic heterocycles. The number of nitrogens with one attached hydrogen (secondary N) is 1. The minimum absolute atomic E-state index is 0.357. The molecule has 0 bridgehead atoms. The fourth-order valence-electron chi connectivity index (χ4n) is 2.03.